The average Bonchev–Trinajstić information content (AvgIpc) is 2.54. The molecular formula is C14H27NO3S. The molecule has 3 unspecified atom stereocenters. The van der Waals surface area contributed by atoms with E-state index in [0.29, 0.717) is 24.9 Å². The van der Waals surface area contributed by atoms with Crippen LogP contribution >= 0.6 is 0 Å². The maximum absolute atomic E-state index is 11.6. The monoisotopic (exact) mass is 289 g/mol. The molecule has 112 valence electrons. The molecule has 1 aliphatic carbocycles. The van der Waals surface area contributed by atoms with Crippen molar-refractivity contribution in [3.05, 3.63) is 0 Å². The highest BCUT2D eigenvalue weighted by molar-refractivity contribution is 7.88. The summed E-state index contributed by atoms with van der Waals surface area (Å²) in [4.78, 5) is 0. The Kier molecular flexibility index (Phi) is 5.26. The minimum Gasteiger partial charge on any atom is -0.393 e. The Morgan fingerprint density at radius 1 is 1.11 bits per heavy atom. The molecule has 0 bridgehead atoms. The van der Waals surface area contributed by atoms with Crippen molar-refractivity contribution in [1.82, 2.24) is 4.31 Å². The van der Waals surface area contributed by atoms with E-state index in [0.717, 1.165) is 38.5 Å². The van der Waals surface area contributed by atoms with E-state index in [9.17, 15) is 13.5 Å². The van der Waals surface area contributed by atoms with Gasteiger partial charge in [0.05, 0.1) is 12.4 Å². The Morgan fingerprint density at radius 3 is 2.58 bits per heavy atom. The van der Waals surface area contributed by atoms with Gasteiger partial charge < -0.3 is 5.11 Å². The fraction of sp³-hybridized carbons (Fsp3) is 1.00. The summed E-state index contributed by atoms with van der Waals surface area (Å²) in [7, 11) is -3.05. The Balaban J connectivity index is 1.91. The zero-order valence-electron chi connectivity index (χ0n) is 11.9. The molecule has 2 rings (SSSR count). The summed E-state index contributed by atoms with van der Waals surface area (Å²) in [6.07, 6.45) is 9.80. The Bertz CT molecular complexity index is 382. The predicted octanol–water partition coefficient (Wildman–Crippen LogP) is 1.99. The van der Waals surface area contributed by atoms with E-state index in [1.165, 1.54) is 19.1 Å². The number of aliphatic hydroxyl groups excluding tert-OH is 1. The highest BCUT2D eigenvalue weighted by Crippen LogP contribution is 2.32. The van der Waals surface area contributed by atoms with Gasteiger partial charge in [0.25, 0.3) is 0 Å². The standard InChI is InChI=1S/C14H27NO3S/c1-19(17,18)15-9-5-6-12(11-15)10-13-7-3-2-4-8-14(13)16/h12-14,16H,2-11H2,1H3. The van der Waals surface area contributed by atoms with Crippen molar-refractivity contribution in [2.45, 2.75) is 57.5 Å². The van der Waals surface area contributed by atoms with Crippen molar-refractivity contribution in [1.29, 1.82) is 0 Å². The van der Waals surface area contributed by atoms with Crippen molar-refractivity contribution < 1.29 is 13.5 Å². The zero-order chi connectivity index (χ0) is 13.9. The topological polar surface area (TPSA) is 57.6 Å². The lowest BCUT2D eigenvalue weighted by Gasteiger charge is -2.33. The van der Waals surface area contributed by atoms with Crippen molar-refractivity contribution >= 4 is 10.0 Å². The van der Waals surface area contributed by atoms with Gasteiger partial charge in [-0.2, -0.15) is 0 Å². The van der Waals surface area contributed by atoms with Crippen LogP contribution in [0.25, 0.3) is 0 Å². The van der Waals surface area contributed by atoms with Gasteiger partial charge in [-0.15, -0.1) is 0 Å². The first-order chi connectivity index (χ1) is 8.97. The minimum atomic E-state index is -3.05. The first-order valence-electron chi connectivity index (χ1n) is 7.60. The van der Waals surface area contributed by atoms with E-state index in [2.05, 4.69) is 0 Å². The van der Waals surface area contributed by atoms with Gasteiger partial charge in [-0.3, -0.25) is 0 Å². The molecule has 1 N–H and O–H groups in total. The van der Waals surface area contributed by atoms with Gasteiger partial charge in [0.1, 0.15) is 0 Å². The normalized spacial score (nSPS) is 34.9. The van der Waals surface area contributed by atoms with E-state index in [-0.39, 0.29) is 6.10 Å². The third kappa shape index (κ3) is 4.43. The molecule has 19 heavy (non-hydrogen) atoms. The van der Waals surface area contributed by atoms with Crippen molar-refractivity contribution in [2.24, 2.45) is 11.8 Å². The molecule has 4 nitrogen and oxygen atoms in total. The summed E-state index contributed by atoms with van der Waals surface area (Å²) in [5.74, 6) is 0.813. The van der Waals surface area contributed by atoms with Gasteiger partial charge in [0.2, 0.25) is 10.0 Å². The van der Waals surface area contributed by atoms with Crippen LogP contribution in [0.2, 0.25) is 0 Å². The molecular weight excluding hydrogens is 262 g/mol. The Hall–Kier alpha value is -0.130. The molecule has 0 spiro atoms. The fourth-order valence-electron chi connectivity index (χ4n) is 3.59. The van der Waals surface area contributed by atoms with E-state index in [1.54, 1.807) is 4.31 Å². The van der Waals surface area contributed by atoms with Gasteiger partial charge in [0.15, 0.2) is 0 Å². The Labute approximate surface area is 117 Å². The van der Waals surface area contributed by atoms with Crippen LogP contribution in [0.3, 0.4) is 0 Å². The number of piperidine rings is 1. The van der Waals surface area contributed by atoms with Crippen LogP contribution in [0.15, 0.2) is 0 Å². The molecule has 0 radical (unpaired) electrons. The SMILES string of the molecule is CS(=O)(=O)N1CCCC(CC2CCCCCC2O)C1. The molecule has 0 aromatic rings. The Morgan fingerprint density at radius 2 is 1.84 bits per heavy atom. The van der Waals surface area contributed by atoms with Crippen molar-refractivity contribution in [3.63, 3.8) is 0 Å². The van der Waals surface area contributed by atoms with E-state index in [4.69, 9.17) is 0 Å². The number of aliphatic hydroxyl groups is 1. The van der Waals surface area contributed by atoms with E-state index >= 15 is 0 Å². The van der Waals surface area contributed by atoms with Crippen molar-refractivity contribution in [2.75, 3.05) is 19.3 Å². The predicted molar refractivity (Wildman–Crippen MR) is 76.3 cm³/mol. The van der Waals surface area contributed by atoms with Gasteiger partial charge in [0, 0.05) is 13.1 Å². The lowest BCUT2D eigenvalue weighted by molar-refractivity contribution is 0.0781. The molecule has 1 heterocycles. The fourth-order valence-corrected chi connectivity index (χ4v) is 4.53. The lowest BCUT2D eigenvalue weighted by atomic mass is 9.84. The quantitative estimate of drug-likeness (QED) is 0.808. The molecule has 1 saturated heterocycles. The largest absolute Gasteiger partial charge is 0.393 e. The van der Waals surface area contributed by atoms with Gasteiger partial charge in [-0.05, 0) is 43.9 Å². The van der Waals surface area contributed by atoms with Crippen LogP contribution in [0.1, 0.15) is 51.4 Å². The molecule has 0 amide bonds. The van der Waals surface area contributed by atoms with Crippen LogP contribution < -0.4 is 0 Å². The smallest absolute Gasteiger partial charge is 0.211 e. The van der Waals surface area contributed by atoms with Crippen LogP contribution in [0, 0.1) is 11.8 Å². The van der Waals surface area contributed by atoms with Crippen LogP contribution in [0.4, 0.5) is 0 Å². The van der Waals surface area contributed by atoms with E-state index in [1.807, 2.05) is 0 Å². The van der Waals surface area contributed by atoms with Crippen molar-refractivity contribution in [3.8, 4) is 0 Å². The number of rotatable bonds is 3. The van der Waals surface area contributed by atoms with Crippen LogP contribution in [-0.4, -0.2) is 43.3 Å². The molecule has 2 aliphatic rings. The number of hydrogen-bond donors (Lipinski definition) is 1. The summed E-state index contributed by atoms with van der Waals surface area (Å²) >= 11 is 0. The first kappa shape index (κ1) is 15.3. The second kappa shape index (κ2) is 6.55. The number of hydrogen-bond acceptors (Lipinski definition) is 3. The third-order valence-corrected chi connectivity index (χ3v) is 5.98. The van der Waals surface area contributed by atoms with Gasteiger partial charge in [-0.25, -0.2) is 12.7 Å². The summed E-state index contributed by atoms with van der Waals surface area (Å²) in [6, 6.07) is 0. The summed E-state index contributed by atoms with van der Waals surface area (Å²) in [5.41, 5.74) is 0. The lowest BCUT2D eigenvalue weighted by Crippen LogP contribution is -2.40. The molecule has 5 heteroatoms. The third-order valence-electron chi connectivity index (χ3n) is 4.71. The summed E-state index contributed by atoms with van der Waals surface area (Å²) in [5, 5.41) is 10.2. The van der Waals surface area contributed by atoms with Crippen LogP contribution in [0.5, 0.6) is 0 Å². The van der Waals surface area contributed by atoms with Crippen LogP contribution in [-0.2, 0) is 10.0 Å². The molecule has 0 aromatic heterocycles. The first-order valence-corrected chi connectivity index (χ1v) is 9.45. The highest BCUT2D eigenvalue weighted by Gasteiger charge is 2.30. The summed E-state index contributed by atoms with van der Waals surface area (Å²) in [6.45, 7) is 1.32. The second-order valence-corrected chi connectivity index (χ2v) is 8.31. The maximum atomic E-state index is 11.6. The van der Waals surface area contributed by atoms with E-state index < -0.39 is 10.0 Å². The second-order valence-electron chi connectivity index (χ2n) is 6.33. The maximum Gasteiger partial charge on any atom is 0.211 e. The summed E-state index contributed by atoms with van der Waals surface area (Å²) < 4.78 is 24.9. The molecule has 3 atom stereocenters. The van der Waals surface area contributed by atoms with Gasteiger partial charge >= 0.3 is 0 Å². The molecule has 2 fully saturated rings. The van der Waals surface area contributed by atoms with Gasteiger partial charge in [-0.1, -0.05) is 19.3 Å². The molecule has 1 saturated carbocycles. The average molecular weight is 289 g/mol. The minimum absolute atomic E-state index is 0.170. The number of nitrogens with zero attached hydrogens (tertiary/aromatic N) is 1. The number of sulfonamides is 1. The zero-order valence-corrected chi connectivity index (χ0v) is 12.7. The highest BCUT2D eigenvalue weighted by atomic mass is 32.2. The molecule has 0 aromatic carbocycles. The molecule has 1 aliphatic heterocycles.